The fourth-order valence-corrected chi connectivity index (χ4v) is 2.29. The van der Waals surface area contributed by atoms with Gasteiger partial charge in [0.05, 0.1) is 11.8 Å². The highest BCUT2D eigenvalue weighted by Gasteiger charge is 2.26. The van der Waals surface area contributed by atoms with Gasteiger partial charge in [0.1, 0.15) is 0 Å². The van der Waals surface area contributed by atoms with E-state index in [9.17, 15) is 9.59 Å². The monoisotopic (exact) mass is 316 g/mol. The molecule has 5 nitrogen and oxygen atoms in total. The van der Waals surface area contributed by atoms with Crippen LogP contribution in [0.3, 0.4) is 0 Å². The summed E-state index contributed by atoms with van der Waals surface area (Å²) in [6, 6.07) is 0. The van der Waals surface area contributed by atoms with Gasteiger partial charge >= 0.3 is 11.9 Å². The SMILES string of the molecule is CC(C)(CCCCOCCCCC(C)(C)C(=O)O)CC(=O)O. The van der Waals surface area contributed by atoms with Crippen LogP contribution < -0.4 is 0 Å². The molecule has 22 heavy (non-hydrogen) atoms. The fourth-order valence-electron chi connectivity index (χ4n) is 2.29. The zero-order valence-electron chi connectivity index (χ0n) is 14.5. The van der Waals surface area contributed by atoms with Gasteiger partial charge in [-0.05, 0) is 44.9 Å². The van der Waals surface area contributed by atoms with E-state index in [1.165, 1.54) is 0 Å². The van der Waals surface area contributed by atoms with Crippen LogP contribution in [0.1, 0.15) is 72.6 Å². The van der Waals surface area contributed by atoms with E-state index in [0.717, 1.165) is 32.1 Å². The van der Waals surface area contributed by atoms with Crippen LogP contribution in [-0.4, -0.2) is 35.4 Å². The van der Waals surface area contributed by atoms with Gasteiger partial charge in [0.15, 0.2) is 0 Å². The minimum absolute atomic E-state index is 0.158. The molecule has 0 amide bonds. The average Bonchev–Trinajstić information content (AvgIpc) is 2.34. The molecule has 0 aliphatic heterocycles. The lowest BCUT2D eigenvalue weighted by atomic mass is 9.84. The van der Waals surface area contributed by atoms with Crippen LogP contribution in [-0.2, 0) is 14.3 Å². The number of carbonyl (C=O) groups is 2. The first-order valence-corrected chi connectivity index (χ1v) is 8.10. The maximum absolute atomic E-state index is 10.9. The number of carboxylic acid groups (broad SMARTS) is 2. The van der Waals surface area contributed by atoms with Gasteiger partial charge in [-0.25, -0.2) is 0 Å². The summed E-state index contributed by atoms with van der Waals surface area (Å²) >= 11 is 0. The number of hydrogen-bond acceptors (Lipinski definition) is 3. The summed E-state index contributed by atoms with van der Waals surface area (Å²) in [5, 5.41) is 17.8. The molecule has 5 heteroatoms. The number of hydrogen-bond donors (Lipinski definition) is 2. The van der Waals surface area contributed by atoms with E-state index < -0.39 is 17.4 Å². The molecule has 2 N–H and O–H groups in total. The van der Waals surface area contributed by atoms with E-state index >= 15 is 0 Å². The van der Waals surface area contributed by atoms with Crippen molar-refractivity contribution in [1.29, 1.82) is 0 Å². The van der Waals surface area contributed by atoms with Crippen LogP contribution in [0.2, 0.25) is 0 Å². The molecular weight excluding hydrogens is 284 g/mol. The van der Waals surface area contributed by atoms with E-state index in [-0.39, 0.29) is 11.8 Å². The number of carboxylic acids is 2. The van der Waals surface area contributed by atoms with Gasteiger partial charge in [-0.1, -0.05) is 26.7 Å². The molecule has 0 atom stereocenters. The standard InChI is InChI=1S/C17H32O5/c1-16(2,13-14(18)19)9-5-7-11-22-12-8-6-10-17(3,4)15(20)21/h5-13H2,1-4H3,(H,18,19)(H,20,21). The quantitative estimate of drug-likeness (QED) is 0.502. The maximum Gasteiger partial charge on any atom is 0.309 e. The molecule has 0 aromatic carbocycles. The molecule has 0 saturated heterocycles. The molecule has 0 rings (SSSR count). The highest BCUT2D eigenvalue weighted by Crippen LogP contribution is 2.27. The van der Waals surface area contributed by atoms with Crippen molar-refractivity contribution in [2.24, 2.45) is 10.8 Å². The minimum atomic E-state index is -0.752. The van der Waals surface area contributed by atoms with Gasteiger partial charge in [-0.3, -0.25) is 9.59 Å². The molecule has 0 aromatic heterocycles. The van der Waals surface area contributed by atoms with Crippen LogP contribution in [0, 0.1) is 10.8 Å². The first-order chi connectivity index (χ1) is 10.1. The normalized spacial score (nSPS) is 12.4. The van der Waals surface area contributed by atoms with E-state index in [4.69, 9.17) is 14.9 Å². The van der Waals surface area contributed by atoms with Crippen molar-refractivity contribution in [2.45, 2.75) is 72.6 Å². The third-order valence-corrected chi connectivity index (χ3v) is 3.94. The summed E-state index contributed by atoms with van der Waals surface area (Å²) in [4.78, 5) is 21.6. The fraction of sp³-hybridized carbons (Fsp3) is 0.882. The number of unbranched alkanes of at least 4 members (excludes halogenated alkanes) is 2. The molecule has 0 bridgehead atoms. The van der Waals surface area contributed by atoms with E-state index in [1.54, 1.807) is 13.8 Å². The summed E-state index contributed by atoms with van der Waals surface area (Å²) in [6.45, 7) is 8.79. The molecule has 0 aliphatic carbocycles. The molecule has 0 radical (unpaired) electrons. The number of aliphatic carboxylic acids is 2. The lowest BCUT2D eigenvalue weighted by Crippen LogP contribution is -2.23. The molecule has 0 aliphatic rings. The summed E-state index contributed by atoms with van der Waals surface area (Å²) in [5.41, 5.74) is -0.816. The molecule has 0 unspecified atom stereocenters. The molecular formula is C17H32O5. The first-order valence-electron chi connectivity index (χ1n) is 8.10. The highest BCUT2D eigenvalue weighted by atomic mass is 16.5. The molecule has 130 valence electrons. The Bertz CT molecular complexity index is 347. The molecule has 0 heterocycles. The van der Waals surface area contributed by atoms with Crippen molar-refractivity contribution in [3.63, 3.8) is 0 Å². The van der Waals surface area contributed by atoms with Gasteiger partial charge in [0, 0.05) is 13.2 Å². The summed E-state index contributed by atoms with van der Waals surface area (Å²) in [6.07, 6.45) is 5.37. The van der Waals surface area contributed by atoms with Crippen LogP contribution in [0.4, 0.5) is 0 Å². The lowest BCUT2D eigenvalue weighted by molar-refractivity contribution is -0.147. The van der Waals surface area contributed by atoms with Crippen molar-refractivity contribution in [2.75, 3.05) is 13.2 Å². The Hall–Kier alpha value is -1.10. The predicted octanol–water partition coefficient (Wildman–Crippen LogP) is 3.96. The van der Waals surface area contributed by atoms with Crippen molar-refractivity contribution in [3.8, 4) is 0 Å². The number of rotatable bonds is 13. The molecule has 0 spiro atoms. The van der Waals surface area contributed by atoms with Crippen molar-refractivity contribution >= 4 is 11.9 Å². The van der Waals surface area contributed by atoms with Crippen molar-refractivity contribution < 1.29 is 24.5 Å². The smallest absolute Gasteiger partial charge is 0.309 e. The average molecular weight is 316 g/mol. The van der Waals surface area contributed by atoms with Crippen LogP contribution in [0.15, 0.2) is 0 Å². The van der Waals surface area contributed by atoms with Gasteiger partial charge in [0.25, 0.3) is 0 Å². The van der Waals surface area contributed by atoms with Crippen LogP contribution >= 0.6 is 0 Å². The Morgan fingerprint density at radius 3 is 1.82 bits per heavy atom. The zero-order chi connectivity index (χ0) is 17.2. The number of ether oxygens (including phenoxy) is 1. The second-order valence-electron chi connectivity index (χ2n) is 7.45. The Labute approximate surface area is 134 Å². The van der Waals surface area contributed by atoms with Gasteiger partial charge in [-0.2, -0.15) is 0 Å². The van der Waals surface area contributed by atoms with Crippen molar-refractivity contribution in [3.05, 3.63) is 0 Å². The van der Waals surface area contributed by atoms with Gasteiger partial charge < -0.3 is 14.9 Å². The predicted molar refractivity (Wildman–Crippen MR) is 86.0 cm³/mol. The topological polar surface area (TPSA) is 83.8 Å². The third kappa shape index (κ3) is 10.6. The Morgan fingerprint density at radius 2 is 1.36 bits per heavy atom. The minimum Gasteiger partial charge on any atom is -0.481 e. The zero-order valence-corrected chi connectivity index (χ0v) is 14.5. The van der Waals surface area contributed by atoms with E-state index in [0.29, 0.717) is 19.6 Å². The van der Waals surface area contributed by atoms with Crippen molar-refractivity contribution in [1.82, 2.24) is 0 Å². The molecule has 0 fully saturated rings. The Morgan fingerprint density at radius 1 is 0.864 bits per heavy atom. The maximum atomic E-state index is 10.9. The second-order valence-corrected chi connectivity index (χ2v) is 7.45. The Kier molecular flexibility index (Phi) is 9.33. The van der Waals surface area contributed by atoms with Gasteiger partial charge in [-0.15, -0.1) is 0 Å². The van der Waals surface area contributed by atoms with E-state index in [1.807, 2.05) is 13.8 Å². The second kappa shape index (κ2) is 9.82. The van der Waals surface area contributed by atoms with E-state index in [2.05, 4.69) is 0 Å². The first kappa shape index (κ1) is 20.9. The van der Waals surface area contributed by atoms with Crippen LogP contribution in [0.25, 0.3) is 0 Å². The Balaban J connectivity index is 3.52. The van der Waals surface area contributed by atoms with Gasteiger partial charge in [0.2, 0.25) is 0 Å². The third-order valence-electron chi connectivity index (χ3n) is 3.94. The lowest BCUT2D eigenvalue weighted by Gasteiger charge is -2.22. The summed E-state index contributed by atoms with van der Waals surface area (Å²) in [7, 11) is 0. The molecule has 0 saturated carbocycles. The highest BCUT2D eigenvalue weighted by molar-refractivity contribution is 5.73. The largest absolute Gasteiger partial charge is 0.481 e. The summed E-state index contributed by atoms with van der Waals surface area (Å²) < 4.78 is 5.54. The molecule has 0 aromatic rings. The van der Waals surface area contributed by atoms with Crippen LogP contribution in [0.5, 0.6) is 0 Å². The summed E-state index contributed by atoms with van der Waals surface area (Å²) in [5.74, 6) is -1.50.